The van der Waals surface area contributed by atoms with Gasteiger partial charge in [-0.15, -0.1) is 0 Å². The van der Waals surface area contributed by atoms with Crippen LogP contribution in [0.15, 0.2) is 42.5 Å². The number of nitrogens with zero attached hydrogens (tertiary/aromatic N) is 2. The molecule has 166 valence electrons. The van der Waals surface area contributed by atoms with E-state index in [9.17, 15) is 9.18 Å². The topological polar surface area (TPSA) is 35.6 Å². The number of rotatable bonds is 7. The van der Waals surface area contributed by atoms with E-state index in [4.69, 9.17) is 0 Å². The summed E-state index contributed by atoms with van der Waals surface area (Å²) >= 11 is 0. The fourth-order valence-electron chi connectivity index (χ4n) is 4.72. The molecule has 0 atom stereocenters. The van der Waals surface area contributed by atoms with E-state index >= 15 is 0 Å². The first-order chi connectivity index (χ1) is 15.0. The van der Waals surface area contributed by atoms with Gasteiger partial charge in [0.25, 0.3) is 0 Å². The fourth-order valence-corrected chi connectivity index (χ4v) is 4.72. The highest BCUT2D eigenvalue weighted by Gasteiger charge is 2.29. The van der Waals surface area contributed by atoms with Gasteiger partial charge in [-0.25, -0.2) is 4.39 Å². The number of likely N-dealkylation sites (tertiary alicyclic amines) is 1. The second-order valence-electron chi connectivity index (χ2n) is 9.23. The monoisotopic (exact) mass is 423 g/mol. The minimum Gasteiger partial charge on any atom is -0.368 e. The fraction of sp³-hybridized carbons (Fsp3) is 0.500. The number of fused-ring (bicyclic) bond motifs is 1. The Hall–Kier alpha value is -2.40. The van der Waals surface area contributed by atoms with Crippen molar-refractivity contribution in [3.63, 3.8) is 0 Å². The Morgan fingerprint density at radius 1 is 1.06 bits per heavy atom. The lowest BCUT2D eigenvalue weighted by Crippen LogP contribution is -2.45. The molecule has 0 spiro atoms. The summed E-state index contributed by atoms with van der Waals surface area (Å²) in [5.74, 6) is -0.0505. The van der Waals surface area contributed by atoms with E-state index in [1.165, 1.54) is 35.2 Å². The number of hydrogen-bond donors (Lipinski definition) is 1. The lowest BCUT2D eigenvalue weighted by atomic mass is 10.0. The molecule has 0 saturated carbocycles. The molecule has 0 aromatic heterocycles. The number of carbonyl (C=O) groups excluding carboxylic acids is 1. The Bertz CT molecular complexity index is 888. The van der Waals surface area contributed by atoms with Gasteiger partial charge in [0, 0.05) is 50.4 Å². The molecule has 4 nitrogen and oxygen atoms in total. The van der Waals surface area contributed by atoms with Gasteiger partial charge in [-0.2, -0.15) is 0 Å². The Balaban J connectivity index is 1.30. The van der Waals surface area contributed by atoms with Gasteiger partial charge >= 0.3 is 0 Å². The molecule has 2 aliphatic heterocycles. The molecular weight excluding hydrogens is 389 g/mol. The van der Waals surface area contributed by atoms with Crippen LogP contribution in [-0.4, -0.2) is 43.0 Å². The molecule has 0 bridgehead atoms. The quantitative estimate of drug-likeness (QED) is 0.726. The van der Waals surface area contributed by atoms with Gasteiger partial charge in [-0.05, 0) is 60.6 Å². The number of carbonyl (C=O) groups is 1. The van der Waals surface area contributed by atoms with E-state index in [1.807, 2.05) is 26.0 Å². The molecule has 2 aliphatic rings. The third kappa shape index (κ3) is 5.45. The Labute approximate surface area is 185 Å². The Morgan fingerprint density at radius 2 is 1.77 bits per heavy atom. The van der Waals surface area contributed by atoms with Crippen molar-refractivity contribution in [3.8, 4) is 0 Å². The molecule has 0 unspecified atom stereocenters. The zero-order valence-corrected chi connectivity index (χ0v) is 18.7. The molecule has 1 amide bonds. The molecule has 0 aliphatic carbocycles. The maximum Gasteiger partial charge on any atom is 0.222 e. The zero-order chi connectivity index (χ0) is 21.8. The molecule has 5 heteroatoms. The van der Waals surface area contributed by atoms with Gasteiger partial charge in [-0.3, -0.25) is 4.79 Å². The summed E-state index contributed by atoms with van der Waals surface area (Å²) in [5, 5.41) is 3.04. The summed E-state index contributed by atoms with van der Waals surface area (Å²) in [4.78, 5) is 17.0. The van der Waals surface area contributed by atoms with Crippen LogP contribution < -0.4 is 10.2 Å². The number of hydrogen-bond acceptors (Lipinski definition) is 3. The average molecular weight is 424 g/mol. The summed E-state index contributed by atoms with van der Waals surface area (Å²) in [6.45, 7) is 8.80. The third-order valence-electron chi connectivity index (χ3n) is 6.70. The smallest absolute Gasteiger partial charge is 0.222 e. The van der Waals surface area contributed by atoms with Crippen LogP contribution in [0.1, 0.15) is 43.4 Å². The van der Waals surface area contributed by atoms with E-state index in [-0.39, 0.29) is 17.6 Å². The van der Waals surface area contributed by atoms with E-state index in [0.29, 0.717) is 12.6 Å². The molecule has 4 rings (SSSR count). The predicted molar refractivity (Wildman–Crippen MR) is 124 cm³/mol. The highest BCUT2D eigenvalue weighted by Crippen LogP contribution is 2.33. The molecule has 0 radical (unpaired) electrons. The van der Waals surface area contributed by atoms with Gasteiger partial charge in [-0.1, -0.05) is 38.1 Å². The second kappa shape index (κ2) is 9.82. The van der Waals surface area contributed by atoms with Gasteiger partial charge < -0.3 is 15.1 Å². The van der Waals surface area contributed by atoms with Crippen LogP contribution in [0, 0.1) is 11.7 Å². The first kappa shape index (κ1) is 21.8. The summed E-state index contributed by atoms with van der Waals surface area (Å²) < 4.78 is 13.1. The highest BCUT2D eigenvalue weighted by molar-refractivity contribution is 5.77. The van der Waals surface area contributed by atoms with E-state index in [0.717, 1.165) is 39.0 Å². The van der Waals surface area contributed by atoms with Crippen molar-refractivity contribution in [2.45, 2.75) is 52.1 Å². The van der Waals surface area contributed by atoms with Gasteiger partial charge in [0.15, 0.2) is 0 Å². The van der Waals surface area contributed by atoms with E-state index in [2.05, 4.69) is 33.3 Å². The van der Waals surface area contributed by atoms with Crippen molar-refractivity contribution < 1.29 is 9.18 Å². The molecule has 2 aromatic carbocycles. The van der Waals surface area contributed by atoms with Crippen LogP contribution >= 0.6 is 0 Å². The number of halogens is 1. The van der Waals surface area contributed by atoms with Crippen molar-refractivity contribution in [2.75, 3.05) is 31.1 Å². The molecule has 31 heavy (non-hydrogen) atoms. The van der Waals surface area contributed by atoms with Crippen LogP contribution in [0.2, 0.25) is 0 Å². The van der Waals surface area contributed by atoms with Gasteiger partial charge in [0.05, 0.1) is 0 Å². The predicted octanol–water partition coefficient (Wildman–Crippen LogP) is 4.17. The number of piperidine rings is 1. The van der Waals surface area contributed by atoms with Crippen LogP contribution in [0.5, 0.6) is 0 Å². The van der Waals surface area contributed by atoms with Crippen molar-refractivity contribution in [3.05, 3.63) is 65.0 Å². The minimum absolute atomic E-state index is 0.0131. The molecule has 1 N–H and O–H groups in total. The van der Waals surface area contributed by atoms with Crippen LogP contribution in [0.25, 0.3) is 0 Å². The minimum atomic E-state index is -0.166. The maximum absolute atomic E-state index is 13.1. The van der Waals surface area contributed by atoms with E-state index < -0.39 is 0 Å². The average Bonchev–Trinajstić information content (AvgIpc) is 3.20. The largest absolute Gasteiger partial charge is 0.368 e. The second-order valence-corrected chi connectivity index (χ2v) is 9.23. The van der Waals surface area contributed by atoms with Crippen molar-refractivity contribution >= 4 is 11.6 Å². The van der Waals surface area contributed by atoms with E-state index in [1.54, 1.807) is 12.1 Å². The van der Waals surface area contributed by atoms with Crippen molar-refractivity contribution in [2.24, 2.45) is 5.92 Å². The number of nitrogens with one attached hydrogen (secondary N) is 1. The first-order valence-electron chi connectivity index (χ1n) is 11.6. The third-order valence-corrected chi connectivity index (χ3v) is 6.70. The Morgan fingerprint density at radius 3 is 2.48 bits per heavy atom. The van der Waals surface area contributed by atoms with Crippen molar-refractivity contribution in [1.82, 2.24) is 10.2 Å². The Kier molecular flexibility index (Phi) is 6.91. The normalized spacial score (nSPS) is 17.2. The number of amides is 1. The summed E-state index contributed by atoms with van der Waals surface area (Å²) in [7, 11) is 0. The lowest BCUT2D eigenvalue weighted by molar-refractivity contribution is -0.124. The molecule has 2 aromatic rings. The van der Waals surface area contributed by atoms with Crippen LogP contribution in [0.4, 0.5) is 10.1 Å². The zero-order valence-electron chi connectivity index (χ0n) is 18.7. The van der Waals surface area contributed by atoms with Gasteiger partial charge in [0.2, 0.25) is 5.91 Å². The maximum atomic E-state index is 13.1. The number of anilines is 1. The highest BCUT2D eigenvalue weighted by atomic mass is 19.1. The summed E-state index contributed by atoms with van der Waals surface area (Å²) in [6.07, 6.45) is 4.44. The molecule has 2 heterocycles. The van der Waals surface area contributed by atoms with Gasteiger partial charge in [0.1, 0.15) is 5.82 Å². The standard InChI is InChI=1S/C26H34FN3O/c1-19(2)26(31)28-18-21-3-6-22-10-16-30(25(22)17-21)24-11-14-29(15-12-24)13-9-20-4-7-23(27)8-5-20/h3-8,17,19,24H,9-16,18H2,1-2H3,(H,28,31). The van der Waals surface area contributed by atoms with Crippen LogP contribution in [-0.2, 0) is 24.2 Å². The summed E-state index contributed by atoms with van der Waals surface area (Å²) in [6, 6.07) is 14.1. The van der Waals surface area contributed by atoms with Crippen molar-refractivity contribution in [1.29, 1.82) is 0 Å². The first-order valence-corrected chi connectivity index (χ1v) is 11.6. The SMILES string of the molecule is CC(C)C(=O)NCc1ccc2c(c1)N(C1CCN(CCc3ccc(F)cc3)CC1)CC2. The molecular formula is C26H34FN3O. The lowest BCUT2D eigenvalue weighted by Gasteiger charge is -2.38. The summed E-state index contributed by atoms with van der Waals surface area (Å²) in [5.41, 5.74) is 5.17. The van der Waals surface area contributed by atoms with Crippen LogP contribution in [0.3, 0.4) is 0 Å². The molecule has 1 fully saturated rings. The number of benzene rings is 2. The molecule has 1 saturated heterocycles.